The minimum atomic E-state index is 0.105. The van der Waals surface area contributed by atoms with Crippen molar-refractivity contribution < 1.29 is 9.47 Å². The SMILES string of the molecule is COC12CC3CC(CC(COCc4cccc(-c5n[nH]nc5C#N)c4)(C3)C1)C2. The van der Waals surface area contributed by atoms with Crippen LogP contribution in [0.1, 0.15) is 49.8 Å². The van der Waals surface area contributed by atoms with E-state index in [1.807, 2.05) is 25.3 Å². The minimum Gasteiger partial charge on any atom is -0.378 e. The van der Waals surface area contributed by atoms with Gasteiger partial charge in [-0.25, -0.2) is 0 Å². The molecule has 6 nitrogen and oxygen atoms in total. The number of ether oxygens (including phenoxy) is 2. The lowest BCUT2D eigenvalue weighted by atomic mass is 9.48. The van der Waals surface area contributed by atoms with Gasteiger partial charge in [-0.05, 0) is 67.4 Å². The molecule has 0 radical (unpaired) electrons. The van der Waals surface area contributed by atoms with Crippen LogP contribution in [0.5, 0.6) is 0 Å². The molecule has 0 spiro atoms. The highest BCUT2D eigenvalue weighted by Gasteiger charge is 2.58. The second kappa shape index (κ2) is 6.68. The lowest BCUT2D eigenvalue weighted by Crippen LogP contribution is -2.57. The fourth-order valence-corrected chi connectivity index (χ4v) is 6.48. The van der Waals surface area contributed by atoms with Gasteiger partial charge >= 0.3 is 0 Å². The fraction of sp³-hybridized carbons (Fsp3) is 0.591. The van der Waals surface area contributed by atoms with Crippen LogP contribution in [0.25, 0.3) is 11.3 Å². The maximum Gasteiger partial charge on any atom is 0.190 e. The Morgan fingerprint density at radius 2 is 2.04 bits per heavy atom. The summed E-state index contributed by atoms with van der Waals surface area (Å²) in [6.45, 7) is 1.38. The number of benzene rings is 1. The molecule has 6 heteroatoms. The van der Waals surface area contributed by atoms with Crippen LogP contribution in [0.4, 0.5) is 0 Å². The average molecular weight is 378 g/mol. The molecule has 2 aromatic rings. The predicted octanol–water partition coefficient (Wildman–Crippen LogP) is 3.85. The largest absolute Gasteiger partial charge is 0.378 e. The molecule has 2 unspecified atom stereocenters. The van der Waals surface area contributed by atoms with Crippen molar-refractivity contribution >= 4 is 0 Å². The Labute approximate surface area is 165 Å². The third-order valence-corrected chi connectivity index (χ3v) is 7.09. The molecule has 2 atom stereocenters. The number of hydrogen-bond donors (Lipinski definition) is 1. The van der Waals surface area contributed by atoms with Gasteiger partial charge in [0.15, 0.2) is 5.69 Å². The molecule has 1 aromatic carbocycles. The highest BCUT2D eigenvalue weighted by atomic mass is 16.5. The molecule has 4 bridgehead atoms. The van der Waals surface area contributed by atoms with Crippen molar-refractivity contribution in [2.75, 3.05) is 13.7 Å². The second-order valence-corrected chi connectivity index (χ2v) is 9.17. The van der Waals surface area contributed by atoms with Crippen molar-refractivity contribution in [1.29, 1.82) is 5.26 Å². The molecule has 146 valence electrons. The van der Waals surface area contributed by atoms with Gasteiger partial charge < -0.3 is 9.47 Å². The molecule has 0 saturated heterocycles. The van der Waals surface area contributed by atoms with Crippen LogP contribution in [0.15, 0.2) is 24.3 Å². The number of nitriles is 1. The highest BCUT2D eigenvalue weighted by Crippen LogP contribution is 2.62. The van der Waals surface area contributed by atoms with Gasteiger partial charge in [-0.1, -0.05) is 18.2 Å². The van der Waals surface area contributed by atoms with E-state index in [2.05, 4.69) is 27.5 Å². The van der Waals surface area contributed by atoms with Gasteiger partial charge in [-0.2, -0.15) is 15.6 Å². The topological polar surface area (TPSA) is 83.8 Å². The van der Waals surface area contributed by atoms with Crippen molar-refractivity contribution in [2.24, 2.45) is 17.3 Å². The quantitative estimate of drug-likeness (QED) is 0.825. The van der Waals surface area contributed by atoms with Crippen LogP contribution >= 0.6 is 0 Å². The van der Waals surface area contributed by atoms with E-state index >= 15 is 0 Å². The summed E-state index contributed by atoms with van der Waals surface area (Å²) in [7, 11) is 1.90. The molecule has 4 saturated carbocycles. The van der Waals surface area contributed by atoms with Crippen LogP contribution in [0.3, 0.4) is 0 Å². The summed E-state index contributed by atoms with van der Waals surface area (Å²) in [6.07, 6.45) is 7.59. The van der Waals surface area contributed by atoms with E-state index in [9.17, 15) is 0 Å². The number of rotatable bonds is 6. The number of nitrogens with one attached hydrogen (secondary N) is 1. The van der Waals surface area contributed by atoms with Gasteiger partial charge in [0.25, 0.3) is 0 Å². The summed E-state index contributed by atoms with van der Waals surface area (Å²) in [6, 6.07) is 10.1. The first-order valence-corrected chi connectivity index (χ1v) is 10.2. The maximum atomic E-state index is 9.16. The van der Waals surface area contributed by atoms with Crippen LogP contribution in [-0.4, -0.2) is 34.7 Å². The second-order valence-electron chi connectivity index (χ2n) is 9.17. The molecular formula is C22H26N4O2. The van der Waals surface area contributed by atoms with Crippen LogP contribution in [0.2, 0.25) is 0 Å². The van der Waals surface area contributed by atoms with Gasteiger partial charge in [-0.15, -0.1) is 5.10 Å². The standard InChI is InChI=1S/C22H26N4O2/c1-27-22-9-16-5-17(10-22)8-21(7-16,13-22)14-28-12-15-3-2-4-18(6-15)20-19(11-23)24-26-25-20/h2-4,6,16-17H,5,7-10,12-14H2,1H3,(H,24,25,26). The first-order valence-electron chi connectivity index (χ1n) is 10.2. The van der Waals surface area contributed by atoms with Crippen molar-refractivity contribution in [1.82, 2.24) is 15.4 Å². The molecule has 28 heavy (non-hydrogen) atoms. The molecule has 1 N–H and O–H groups in total. The summed E-state index contributed by atoms with van der Waals surface area (Å²) in [5.74, 6) is 1.62. The first kappa shape index (κ1) is 17.8. The highest BCUT2D eigenvalue weighted by molar-refractivity contribution is 5.64. The van der Waals surface area contributed by atoms with E-state index in [4.69, 9.17) is 14.7 Å². The summed E-state index contributed by atoms with van der Waals surface area (Å²) in [5, 5.41) is 19.7. The van der Waals surface area contributed by atoms with Gasteiger partial charge in [0.1, 0.15) is 11.8 Å². The number of H-pyrrole nitrogens is 1. The first-order chi connectivity index (χ1) is 13.6. The Hall–Kier alpha value is -2.23. The smallest absolute Gasteiger partial charge is 0.190 e. The summed E-state index contributed by atoms with van der Waals surface area (Å²) in [4.78, 5) is 0. The molecular weight excluding hydrogens is 352 g/mol. The number of hydrogen-bond acceptors (Lipinski definition) is 5. The molecule has 6 rings (SSSR count). The zero-order valence-electron chi connectivity index (χ0n) is 16.3. The van der Waals surface area contributed by atoms with E-state index in [1.54, 1.807) is 0 Å². The van der Waals surface area contributed by atoms with E-state index in [-0.39, 0.29) is 11.0 Å². The van der Waals surface area contributed by atoms with E-state index in [0.717, 1.165) is 36.0 Å². The molecule has 4 aliphatic carbocycles. The summed E-state index contributed by atoms with van der Waals surface area (Å²) >= 11 is 0. The van der Waals surface area contributed by atoms with Gasteiger partial charge in [0.05, 0.1) is 18.8 Å². The number of aromatic nitrogens is 3. The Balaban J connectivity index is 1.27. The molecule has 0 aliphatic heterocycles. The lowest BCUT2D eigenvalue weighted by Gasteiger charge is -2.61. The molecule has 0 amide bonds. The zero-order chi connectivity index (χ0) is 19.2. The average Bonchev–Trinajstić information content (AvgIpc) is 3.16. The van der Waals surface area contributed by atoms with Crippen molar-refractivity contribution in [3.63, 3.8) is 0 Å². The Bertz CT molecular complexity index is 901. The van der Waals surface area contributed by atoms with Crippen molar-refractivity contribution in [3.8, 4) is 17.3 Å². The van der Waals surface area contributed by atoms with Crippen LogP contribution < -0.4 is 0 Å². The van der Waals surface area contributed by atoms with Crippen molar-refractivity contribution in [2.45, 2.75) is 50.7 Å². The van der Waals surface area contributed by atoms with E-state index < -0.39 is 0 Å². The monoisotopic (exact) mass is 378 g/mol. The molecule has 1 heterocycles. The van der Waals surface area contributed by atoms with Crippen molar-refractivity contribution in [3.05, 3.63) is 35.5 Å². The summed E-state index contributed by atoms with van der Waals surface area (Å²) < 4.78 is 12.3. The zero-order valence-corrected chi connectivity index (χ0v) is 16.3. The maximum absolute atomic E-state index is 9.16. The summed E-state index contributed by atoms with van der Waals surface area (Å²) in [5.41, 5.74) is 3.28. The molecule has 4 aliphatic rings. The van der Waals surface area contributed by atoms with E-state index in [0.29, 0.717) is 18.0 Å². The predicted molar refractivity (Wildman–Crippen MR) is 103 cm³/mol. The number of methoxy groups -OCH3 is 1. The van der Waals surface area contributed by atoms with Gasteiger partial charge in [0.2, 0.25) is 0 Å². The Kier molecular flexibility index (Phi) is 4.26. The fourth-order valence-electron chi connectivity index (χ4n) is 6.48. The van der Waals surface area contributed by atoms with Crippen LogP contribution in [-0.2, 0) is 16.1 Å². The molecule has 4 fully saturated rings. The lowest BCUT2D eigenvalue weighted by molar-refractivity contribution is -0.195. The molecule has 1 aromatic heterocycles. The Morgan fingerprint density at radius 1 is 1.21 bits per heavy atom. The normalized spacial score (nSPS) is 33.1. The third-order valence-electron chi connectivity index (χ3n) is 7.09. The van der Waals surface area contributed by atoms with E-state index in [1.165, 1.54) is 32.1 Å². The Morgan fingerprint density at radius 3 is 2.79 bits per heavy atom. The minimum absolute atomic E-state index is 0.105. The van der Waals surface area contributed by atoms with Gasteiger partial charge in [-0.3, -0.25) is 0 Å². The number of aromatic amines is 1. The van der Waals surface area contributed by atoms with Crippen LogP contribution in [0, 0.1) is 28.6 Å². The number of nitrogens with zero attached hydrogens (tertiary/aromatic N) is 3. The van der Waals surface area contributed by atoms with Gasteiger partial charge in [0, 0.05) is 12.7 Å². The third kappa shape index (κ3) is 3.03.